The fourth-order valence-electron chi connectivity index (χ4n) is 2.25. The summed E-state index contributed by atoms with van der Waals surface area (Å²) in [4.78, 5) is 25.9. The fraction of sp³-hybridized carbons (Fsp3) is 0.222. The molecule has 0 saturated heterocycles. The number of methoxy groups -OCH3 is 2. The topological polar surface area (TPSA) is 55.8 Å². The lowest BCUT2D eigenvalue weighted by Gasteiger charge is -2.15. The van der Waals surface area contributed by atoms with Crippen LogP contribution in [0.3, 0.4) is 0 Å². The van der Waals surface area contributed by atoms with E-state index in [2.05, 4.69) is 0 Å². The molecule has 0 aromatic heterocycles. The van der Waals surface area contributed by atoms with Crippen molar-refractivity contribution in [2.75, 3.05) is 33.2 Å². The smallest absolute Gasteiger partial charge is 0.193 e. The molecule has 0 saturated carbocycles. The second-order valence-electron chi connectivity index (χ2n) is 5.18. The number of ketones is 1. The van der Waals surface area contributed by atoms with Crippen LogP contribution in [0.1, 0.15) is 26.3 Å². The fourth-order valence-corrected chi connectivity index (χ4v) is 2.25. The van der Waals surface area contributed by atoms with Gasteiger partial charge in [-0.1, -0.05) is 0 Å². The van der Waals surface area contributed by atoms with Crippen molar-refractivity contribution < 1.29 is 19.1 Å². The van der Waals surface area contributed by atoms with E-state index in [1.807, 2.05) is 19.0 Å². The number of anilines is 1. The Morgan fingerprint density at radius 1 is 1.00 bits per heavy atom. The normalized spacial score (nSPS) is 10.1. The highest BCUT2D eigenvalue weighted by Crippen LogP contribution is 2.29. The van der Waals surface area contributed by atoms with Crippen molar-refractivity contribution in [2.24, 2.45) is 0 Å². The Morgan fingerprint density at radius 2 is 1.70 bits per heavy atom. The second kappa shape index (κ2) is 6.96. The van der Waals surface area contributed by atoms with Crippen molar-refractivity contribution in [1.29, 1.82) is 0 Å². The molecule has 2 rings (SSSR count). The Morgan fingerprint density at radius 3 is 2.26 bits per heavy atom. The Bertz CT molecular complexity index is 738. The summed E-state index contributed by atoms with van der Waals surface area (Å²) in [7, 11) is 6.79. The van der Waals surface area contributed by atoms with Crippen LogP contribution in [0, 0.1) is 0 Å². The molecule has 0 bridgehead atoms. The van der Waals surface area contributed by atoms with Crippen molar-refractivity contribution >= 4 is 17.8 Å². The number of benzene rings is 2. The van der Waals surface area contributed by atoms with Gasteiger partial charge in [0.05, 0.1) is 14.2 Å². The van der Waals surface area contributed by atoms with Crippen LogP contribution in [0.15, 0.2) is 36.4 Å². The van der Waals surface area contributed by atoms with Gasteiger partial charge in [0.2, 0.25) is 0 Å². The first-order valence-electron chi connectivity index (χ1n) is 7.05. The minimum absolute atomic E-state index is 0.239. The molecule has 120 valence electrons. The lowest BCUT2D eigenvalue weighted by Crippen LogP contribution is -2.12. The number of aldehydes is 1. The first-order chi connectivity index (χ1) is 11.0. The molecule has 2 aromatic rings. The molecule has 0 aliphatic heterocycles. The average molecular weight is 313 g/mol. The SMILES string of the molecule is COc1ccc(C(=O)c2cc(N(C)C)ccc2C=O)cc1OC. The van der Waals surface area contributed by atoms with E-state index in [-0.39, 0.29) is 5.78 Å². The standard InChI is InChI=1S/C18H19NO4/c1-19(2)14-7-5-13(11-20)15(10-14)18(21)12-6-8-16(22-3)17(9-12)23-4/h5-11H,1-4H3. The van der Waals surface area contributed by atoms with Gasteiger partial charge in [-0.25, -0.2) is 0 Å². The molecular formula is C18H19NO4. The van der Waals surface area contributed by atoms with E-state index in [0.29, 0.717) is 34.5 Å². The summed E-state index contributed by atoms with van der Waals surface area (Å²) < 4.78 is 10.4. The number of hydrogen-bond acceptors (Lipinski definition) is 5. The van der Waals surface area contributed by atoms with Gasteiger partial charge in [0.1, 0.15) is 0 Å². The molecule has 0 aliphatic rings. The van der Waals surface area contributed by atoms with E-state index < -0.39 is 0 Å². The minimum atomic E-state index is -0.239. The molecular weight excluding hydrogens is 294 g/mol. The van der Waals surface area contributed by atoms with Crippen LogP contribution in [0.25, 0.3) is 0 Å². The first-order valence-corrected chi connectivity index (χ1v) is 7.05. The number of ether oxygens (including phenoxy) is 2. The van der Waals surface area contributed by atoms with Crippen LogP contribution < -0.4 is 14.4 Å². The lowest BCUT2D eigenvalue weighted by atomic mass is 9.97. The quantitative estimate of drug-likeness (QED) is 0.606. The highest BCUT2D eigenvalue weighted by molar-refractivity contribution is 6.13. The zero-order valence-electron chi connectivity index (χ0n) is 13.6. The summed E-state index contributed by atoms with van der Waals surface area (Å²) in [6.07, 6.45) is 0.688. The van der Waals surface area contributed by atoms with Crippen molar-refractivity contribution in [3.8, 4) is 11.5 Å². The molecule has 0 unspecified atom stereocenters. The largest absolute Gasteiger partial charge is 0.493 e. The van der Waals surface area contributed by atoms with Gasteiger partial charge < -0.3 is 14.4 Å². The zero-order valence-corrected chi connectivity index (χ0v) is 13.6. The van der Waals surface area contributed by atoms with Gasteiger partial charge >= 0.3 is 0 Å². The van der Waals surface area contributed by atoms with Gasteiger partial charge in [0, 0.05) is 36.5 Å². The Hall–Kier alpha value is -2.82. The van der Waals surface area contributed by atoms with Gasteiger partial charge in [0.15, 0.2) is 23.6 Å². The predicted octanol–water partition coefficient (Wildman–Crippen LogP) is 2.81. The van der Waals surface area contributed by atoms with Gasteiger partial charge in [0.25, 0.3) is 0 Å². The average Bonchev–Trinajstić information content (AvgIpc) is 2.59. The molecule has 0 aliphatic carbocycles. The van der Waals surface area contributed by atoms with Crippen LogP contribution in [-0.2, 0) is 0 Å². The highest BCUT2D eigenvalue weighted by Gasteiger charge is 2.17. The number of hydrogen-bond donors (Lipinski definition) is 0. The number of rotatable bonds is 6. The summed E-state index contributed by atoms with van der Waals surface area (Å²) in [5.41, 5.74) is 2.00. The maximum absolute atomic E-state index is 12.8. The van der Waals surface area contributed by atoms with Gasteiger partial charge in [-0.2, -0.15) is 0 Å². The maximum atomic E-state index is 12.8. The van der Waals surface area contributed by atoms with Gasteiger partial charge in [-0.05, 0) is 36.4 Å². The maximum Gasteiger partial charge on any atom is 0.193 e. The zero-order chi connectivity index (χ0) is 17.0. The summed E-state index contributed by atoms with van der Waals surface area (Å²) in [5, 5.41) is 0. The van der Waals surface area contributed by atoms with E-state index in [4.69, 9.17) is 9.47 Å². The molecule has 2 aromatic carbocycles. The first kappa shape index (κ1) is 16.5. The number of nitrogens with zero attached hydrogens (tertiary/aromatic N) is 1. The van der Waals surface area contributed by atoms with E-state index in [9.17, 15) is 9.59 Å². The molecule has 0 fully saturated rings. The lowest BCUT2D eigenvalue weighted by molar-refractivity contribution is 0.102. The molecule has 0 heterocycles. The summed E-state index contributed by atoms with van der Waals surface area (Å²) in [5.74, 6) is 0.772. The van der Waals surface area contributed by atoms with Crippen molar-refractivity contribution in [3.63, 3.8) is 0 Å². The van der Waals surface area contributed by atoms with Gasteiger partial charge in [-0.15, -0.1) is 0 Å². The molecule has 5 heteroatoms. The third-order valence-corrected chi connectivity index (χ3v) is 3.57. The van der Waals surface area contributed by atoms with Crippen molar-refractivity contribution in [1.82, 2.24) is 0 Å². The minimum Gasteiger partial charge on any atom is -0.493 e. The Kier molecular flexibility index (Phi) is 5.01. The molecule has 0 radical (unpaired) electrons. The van der Waals surface area contributed by atoms with Crippen molar-refractivity contribution in [3.05, 3.63) is 53.1 Å². The third-order valence-electron chi connectivity index (χ3n) is 3.57. The molecule has 0 spiro atoms. The number of carbonyl (C=O) groups is 2. The summed E-state index contributed by atoms with van der Waals surface area (Å²) in [6, 6.07) is 10.1. The predicted molar refractivity (Wildman–Crippen MR) is 89.1 cm³/mol. The Labute approximate surface area is 135 Å². The second-order valence-corrected chi connectivity index (χ2v) is 5.18. The summed E-state index contributed by atoms with van der Waals surface area (Å²) >= 11 is 0. The van der Waals surface area contributed by atoms with Crippen LogP contribution in [-0.4, -0.2) is 40.4 Å². The molecule has 0 atom stereocenters. The Balaban J connectivity index is 2.51. The molecule has 23 heavy (non-hydrogen) atoms. The van der Waals surface area contributed by atoms with E-state index in [0.717, 1.165) is 5.69 Å². The van der Waals surface area contributed by atoms with E-state index in [1.165, 1.54) is 14.2 Å². The van der Waals surface area contributed by atoms with Crippen LogP contribution >= 0.6 is 0 Å². The number of carbonyl (C=O) groups excluding carboxylic acids is 2. The summed E-state index contributed by atoms with van der Waals surface area (Å²) in [6.45, 7) is 0. The van der Waals surface area contributed by atoms with Crippen LogP contribution in [0.4, 0.5) is 5.69 Å². The third kappa shape index (κ3) is 3.34. The molecule has 0 amide bonds. The van der Waals surface area contributed by atoms with Crippen molar-refractivity contribution in [2.45, 2.75) is 0 Å². The van der Waals surface area contributed by atoms with Crippen LogP contribution in [0.2, 0.25) is 0 Å². The van der Waals surface area contributed by atoms with E-state index >= 15 is 0 Å². The molecule has 5 nitrogen and oxygen atoms in total. The monoisotopic (exact) mass is 313 g/mol. The highest BCUT2D eigenvalue weighted by atomic mass is 16.5. The van der Waals surface area contributed by atoms with Gasteiger partial charge in [-0.3, -0.25) is 9.59 Å². The van der Waals surface area contributed by atoms with Crippen LogP contribution in [0.5, 0.6) is 11.5 Å². The van der Waals surface area contributed by atoms with E-state index in [1.54, 1.807) is 36.4 Å². The molecule has 0 N–H and O–H groups in total.